The van der Waals surface area contributed by atoms with E-state index in [2.05, 4.69) is 5.32 Å². The summed E-state index contributed by atoms with van der Waals surface area (Å²) in [7, 11) is 5.07. The number of aromatic nitrogens is 1. The van der Waals surface area contributed by atoms with Crippen LogP contribution < -0.4 is 5.32 Å². The van der Waals surface area contributed by atoms with Crippen LogP contribution in [0.5, 0.6) is 0 Å². The normalized spacial score (nSPS) is 17.3. The first-order chi connectivity index (χ1) is 14.0. The Morgan fingerprint density at radius 1 is 1.34 bits per heavy atom. The van der Waals surface area contributed by atoms with E-state index in [0.29, 0.717) is 50.7 Å². The van der Waals surface area contributed by atoms with Crippen molar-refractivity contribution < 1.29 is 19.1 Å². The van der Waals surface area contributed by atoms with E-state index < -0.39 is 0 Å². The lowest BCUT2D eigenvalue weighted by Gasteiger charge is -2.32. The lowest BCUT2D eigenvalue weighted by Crippen LogP contribution is -2.44. The minimum Gasteiger partial charge on any atom is -0.383 e. The van der Waals surface area contributed by atoms with Gasteiger partial charge in [0.15, 0.2) is 0 Å². The van der Waals surface area contributed by atoms with Gasteiger partial charge in [-0.15, -0.1) is 0 Å². The van der Waals surface area contributed by atoms with Crippen LogP contribution in [0.15, 0.2) is 30.3 Å². The molecule has 2 aromatic rings. The van der Waals surface area contributed by atoms with Gasteiger partial charge in [-0.05, 0) is 12.1 Å². The highest BCUT2D eigenvalue weighted by Gasteiger charge is 2.26. The van der Waals surface area contributed by atoms with E-state index >= 15 is 0 Å². The Morgan fingerprint density at radius 3 is 2.90 bits per heavy atom. The number of methoxy groups -OCH3 is 1. The number of rotatable bonds is 7. The molecule has 1 N–H and O–H groups in total. The minimum atomic E-state index is -0.297. The Kier molecular flexibility index (Phi) is 7.13. The summed E-state index contributed by atoms with van der Waals surface area (Å²) in [4.78, 5) is 33.2. The van der Waals surface area contributed by atoms with Crippen LogP contribution in [0.4, 0.5) is 0 Å². The third-order valence-electron chi connectivity index (χ3n) is 4.85. The molecule has 2 amide bonds. The zero-order valence-electron chi connectivity index (χ0n) is 17.2. The van der Waals surface area contributed by atoms with Crippen LogP contribution in [0.1, 0.15) is 22.2 Å². The van der Waals surface area contributed by atoms with Crippen molar-refractivity contribution in [1.29, 1.82) is 0 Å². The van der Waals surface area contributed by atoms with Gasteiger partial charge in [-0.25, -0.2) is 4.98 Å². The summed E-state index contributed by atoms with van der Waals surface area (Å²) in [6.45, 7) is 2.98. The van der Waals surface area contributed by atoms with Crippen LogP contribution in [0.3, 0.4) is 0 Å². The number of hydrogen-bond acceptors (Lipinski definition) is 6. The highest BCUT2D eigenvalue weighted by atomic mass is 16.5. The fraction of sp³-hybridized carbons (Fsp3) is 0.476. The molecule has 1 aliphatic rings. The van der Waals surface area contributed by atoms with Gasteiger partial charge >= 0.3 is 0 Å². The molecule has 0 unspecified atom stereocenters. The van der Waals surface area contributed by atoms with Gasteiger partial charge in [-0.2, -0.15) is 0 Å². The first kappa shape index (κ1) is 21.2. The number of morpholine rings is 1. The third kappa shape index (κ3) is 5.29. The summed E-state index contributed by atoms with van der Waals surface area (Å²) < 4.78 is 10.9. The number of ether oxygens (including phenoxy) is 2. The number of carbonyl (C=O) groups excluding carboxylic acids is 2. The SMILES string of the molecule is COCCNC(=O)CN1CCO[C@@H](c2cc(C(=O)N(C)C)c3ccccc3n2)C1. The van der Waals surface area contributed by atoms with Crippen molar-refractivity contribution in [3.8, 4) is 0 Å². The second kappa shape index (κ2) is 9.78. The van der Waals surface area contributed by atoms with Crippen LogP contribution in [-0.2, 0) is 14.3 Å². The number of amides is 2. The van der Waals surface area contributed by atoms with E-state index in [9.17, 15) is 9.59 Å². The average molecular weight is 400 g/mol. The van der Waals surface area contributed by atoms with Gasteiger partial charge in [0.1, 0.15) is 6.10 Å². The second-order valence-electron chi connectivity index (χ2n) is 7.25. The van der Waals surface area contributed by atoms with Crippen molar-refractivity contribution in [1.82, 2.24) is 20.1 Å². The summed E-state index contributed by atoms with van der Waals surface area (Å²) in [5, 5.41) is 3.65. The van der Waals surface area contributed by atoms with Crippen molar-refractivity contribution in [3.05, 3.63) is 41.6 Å². The van der Waals surface area contributed by atoms with Crippen LogP contribution in [0.2, 0.25) is 0 Å². The van der Waals surface area contributed by atoms with E-state index in [4.69, 9.17) is 14.5 Å². The monoisotopic (exact) mass is 400 g/mol. The average Bonchev–Trinajstić information content (AvgIpc) is 2.72. The Hall–Kier alpha value is -2.55. The van der Waals surface area contributed by atoms with Gasteiger partial charge in [0.05, 0.1) is 36.5 Å². The molecule has 0 radical (unpaired) electrons. The predicted octanol–water partition coefficient (Wildman–Crippen LogP) is 1.07. The number of pyridine rings is 1. The number of carbonyl (C=O) groups is 2. The van der Waals surface area contributed by atoms with Gasteiger partial charge in [-0.3, -0.25) is 14.5 Å². The lowest BCUT2D eigenvalue weighted by molar-refractivity contribution is -0.124. The second-order valence-corrected chi connectivity index (χ2v) is 7.25. The Balaban J connectivity index is 1.79. The molecule has 29 heavy (non-hydrogen) atoms. The van der Waals surface area contributed by atoms with Gasteiger partial charge in [-0.1, -0.05) is 18.2 Å². The molecule has 156 valence electrons. The van der Waals surface area contributed by atoms with E-state index in [1.165, 1.54) is 0 Å². The maximum absolute atomic E-state index is 12.7. The zero-order chi connectivity index (χ0) is 20.8. The molecule has 8 nitrogen and oxygen atoms in total. The maximum atomic E-state index is 12.7. The molecule has 0 spiro atoms. The van der Waals surface area contributed by atoms with Crippen molar-refractivity contribution in [2.75, 3.05) is 60.6 Å². The molecule has 2 heterocycles. The topological polar surface area (TPSA) is 84.0 Å². The van der Waals surface area contributed by atoms with Crippen LogP contribution in [0, 0.1) is 0 Å². The Morgan fingerprint density at radius 2 is 2.14 bits per heavy atom. The largest absolute Gasteiger partial charge is 0.383 e. The van der Waals surface area contributed by atoms with Crippen molar-refractivity contribution in [2.45, 2.75) is 6.10 Å². The molecule has 0 bridgehead atoms. The fourth-order valence-electron chi connectivity index (χ4n) is 3.36. The first-order valence-corrected chi connectivity index (χ1v) is 9.70. The van der Waals surface area contributed by atoms with Crippen molar-refractivity contribution in [2.24, 2.45) is 0 Å². The minimum absolute atomic E-state index is 0.0438. The summed E-state index contributed by atoms with van der Waals surface area (Å²) in [6, 6.07) is 9.42. The van der Waals surface area contributed by atoms with E-state index in [0.717, 1.165) is 10.9 Å². The van der Waals surface area contributed by atoms with Gasteiger partial charge in [0.25, 0.3) is 5.91 Å². The number of nitrogens with zero attached hydrogens (tertiary/aromatic N) is 3. The molecule has 0 saturated carbocycles. The van der Waals surface area contributed by atoms with Crippen LogP contribution >= 0.6 is 0 Å². The summed E-state index contributed by atoms with van der Waals surface area (Å²) in [5.41, 5.74) is 2.07. The summed E-state index contributed by atoms with van der Waals surface area (Å²) >= 11 is 0. The molecular weight excluding hydrogens is 372 g/mol. The molecule has 1 atom stereocenters. The number of para-hydroxylation sites is 1. The van der Waals surface area contributed by atoms with E-state index in [1.807, 2.05) is 35.2 Å². The molecule has 8 heteroatoms. The standard InChI is InChI=1S/C21H28N4O4/c1-24(2)21(27)16-12-18(23-17-7-5-4-6-15(16)17)19-13-25(9-11-29-19)14-20(26)22-8-10-28-3/h4-7,12,19H,8-11,13-14H2,1-3H3,(H,22,26)/t19-/m1/s1. The molecule has 1 fully saturated rings. The predicted molar refractivity (Wildman–Crippen MR) is 110 cm³/mol. The summed E-state index contributed by atoms with van der Waals surface area (Å²) in [5.74, 6) is -0.118. The zero-order valence-corrected chi connectivity index (χ0v) is 17.2. The maximum Gasteiger partial charge on any atom is 0.254 e. The smallest absolute Gasteiger partial charge is 0.254 e. The molecule has 1 aliphatic heterocycles. The number of benzene rings is 1. The van der Waals surface area contributed by atoms with Crippen molar-refractivity contribution in [3.63, 3.8) is 0 Å². The number of hydrogen-bond donors (Lipinski definition) is 1. The third-order valence-corrected chi connectivity index (χ3v) is 4.85. The Bertz CT molecular complexity index is 871. The highest BCUT2D eigenvalue weighted by molar-refractivity contribution is 6.06. The van der Waals surface area contributed by atoms with Gasteiger partial charge < -0.3 is 19.7 Å². The van der Waals surface area contributed by atoms with Crippen LogP contribution in [0.25, 0.3) is 10.9 Å². The quantitative estimate of drug-likeness (QED) is 0.700. The molecule has 1 saturated heterocycles. The van der Waals surface area contributed by atoms with Crippen molar-refractivity contribution >= 4 is 22.7 Å². The Labute approximate surface area is 170 Å². The van der Waals surface area contributed by atoms with Gasteiger partial charge in [0.2, 0.25) is 5.91 Å². The summed E-state index contributed by atoms with van der Waals surface area (Å²) in [6.07, 6.45) is -0.297. The van der Waals surface area contributed by atoms with E-state index in [-0.39, 0.29) is 17.9 Å². The molecule has 1 aromatic carbocycles. The van der Waals surface area contributed by atoms with E-state index in [1.54, 1.807) is 26.1 Å². The number of nitrogens with one attached hydrogen (secondary N) is 1. The van der Waals surface area contributed by atoms with Gasteiger partial charge in [0, 0.05) is 46.2 Å². The molecule has 1 aromatic heterocycles. The molecule has 0 aliphatic carbocycles. The number of fused-ring (bicyclic) bond motifs is 1. The highest BCUT2D eigenvalue weighted by Crippen LogP contribution is 2.26. The lowest BCUT2D eigenvalue weighted by atomic mass is 10.0. The molecule has 3 rings (SSSR count). The molecular formula is C21H28N4O4. The first-order valence-electron chi connectivity index (χ1n) is 9.70. The fourth-order valence-corrected chi connectivity index (χ4v) is 3.36. The van der Waals surface area contributed by atoms with Crippen LogP contribution in [-0.4, -0.2) is 87.2 Å².